The third-order valence-electron chi connectivity index (χ3n) is 1.16. The molecule has 2 N–H and O–H groups in total. The number of furan rings is 1. The summed E-state index contributed by atoms with van der Waals surface area (Å²) in [5.41, 5.74) is 6.09. The third kappa shape index (κ3) is 1.83. The molecule has 0 aliphatic rings. The number of nitriles is 1. The maximum absolute atomic E-state index is 8.47. The van der Waals surface area contributed by atoms with E-state index in [1.165, 1.54) is 0 Å². The molecule has 1 heterocycles. The first kappa shape index (κ1) is 8.78. The molecule has 0 bridgehead atoms. The second-order valence-corrected chi connectivity index (χ2v) is 3.39. The van der Waals surface area contributed by atoms with Crippen molar-refractivity contribution in [2.75, 3.05) is 0 Å². The standard InChI is InChI=1S/C6H4Br2N2O/c7-5-1-3(4(10)2-9)6(8)11-5/h1,4H,10H2. The molecule has 1 unspecified atom stereocenters. The van der Waals surface area contributed by atoms with E-state index in [9.17, 15) is 0 Å². The minimum Gasteiger partial charge on any atom is -0.442 e. The van der Waals surface area contributed by atoms with Crippen molar-refractivity contribution in [2.45, 2.75) is 6.04 Å². The number of nitrogens with two attached hydrogens (primary N) is 1. The number of halogens is 2. The Bertz CT molecular complexity index is 302. The topological polar surface area (TPSA) is 63.0 Å². The molecule has 1 aromatic rings. The van der Waals surface area contributed by atoms with Crippen LogP contribution >= 0.6 is 31.9 Å². The van der Waals surface area contributed by atoms with Crippen LogP contribution in [0.25, 0.3) is 0 Å². The molecule has 3 nitrogen and oxygen atoms in total. The van der Waals surface area contributed by atoms with Gasteiger partial charge in [0, 0.05) is 5.56 Å². The van der Waals surface area contributed by atoms with Crippen LogP contribution in [0.15, 0.2) is 19.8 Å². The Labute approximate surface area is 80.4 Å². The Morgan fingerprint density at radius 3 is 2.64 bits per heavy atom. The Morgan fingerprint density at radius 1 is 1.64 bits per heavy atom. The smallest absolute Gasteiger partial charge is 0.176 e. The second kappa shape index (κ2) is 3.39. The Hall–Kier alpha value is -0.310. The number of rotatable bonds is 1. The van der Waals surface area contributed by atoms with Crippen LogP contribution in [-0.4, -0.2) is 0 Å². The summed E-state index contributed by atoms with van der Waals surface area (Å²) in [6.45, 7) is 0. The molecule has 0 aromatic carbocycles. The van der Waals surface area contributed by atoms with Crippen LogP contribution in [0.4, 0.5) is 0 Å². The van der Waals surface area contributed by atoms with E-state index in [1.807, 2.05) is 6.07 Å². The Balaban J connectivity index is 3.05. The van der Waals surface area contributed by atoms with Crippen LogP contribution in [0.3, 0.4) is 0 Å². The van der Waals surface area contributed by atoms with Crippen molar-refractivity contribution < 1.29 is 4.42 Å². The van der Waals surface area contributed by atoms with E-state index in [0.29, 0.717) is 14.9 Å². The summed E-state index contributed by atoms with van der Waals surface area (Å²) in [7, 11) is 0. The van der Waals surface area contributed by atoms with Crippen LogP contribution in [0.2, 0.25) is 0 Å². The fourth-order valence-corrected chi connectivity index (χ4v) is 1.80. The number of hydrogen-bond acceptors (Lipinski definition) is 3. The zero-order chi connectivity index (χ0) is 8.43. The minimum absolute atomic E-state index is 0.499. The molecule has 0 saturated heterocycles. The molecular formula is C6H4Br2N2O. The maximum atomic E-state index is 8.47. The van der Waals surface area contributed by atoms with Crippen LogP contribution in [0.5, 0.6) is 0 Å². The average molecular weight is 280 g/mol. The molecule has 0 radical (unpaired) electrons. The third-order valence-corrected chi connectivity index (χ3v) is 2.17. The van der Waals surface area contributed by atoms with Gasteiger partial charge in [-0.3, -0.25) is 0 Å². The molecule has 0 fully saturated rings. The van der Waals surface area contributed by atoms with Crippen molar-refractivity contribution in [3.63, 3.8) is 0 Å². The van der Waals surface area contributed by atoms with Gasteiger partial charge in [-0.05, 0) is 37.9 Å². The van der Waals surface area contributed by atoms with Gasteiger partial charge in [-0.25, -0.2) is 0 Å². The number of hydrogen-bond donors (Lipinski definition) is 1. The molecule has 0 amide bonds. The van der Waals surface area contributed by atoms with Gasteiger partial charge in [0.25, 0.3) is 0 Å². The largest absolute Gasteiger partial charge is 0.442 e. The first-order chi connectivity index (χ1) is 5.15. The van der Waals surface area contributed by atoms with Gasteiger partial charge in [0.15, 0.2) is 9.34 Å². The Morgan fingerprint density at radius 2 is 2.27 bits per heavy atom. The average Bonchev–Trinajstić information content (AvgIpc) is 2.28. The predicted octanol–water partition coefficient (Wildman–Crippen LogP) is 2.33. The van der Waals surface area contributed by atoms with E-state index in [1.54, 1.807) is 6.07 Å². The fourth-order valence-electron chi connectivity index (χ4n) is 0.635. The Kier molecular flexibility index (Phi) is 2.71. The normalized spacial score (nSPS) is 12.5. The van der Waals surface area contributed by atoms with E-state index in [4.69, 9.17) is 15.4 Å². The van der Waals surface area contributed by atoms with Crippen molar-refractivity contribution in [1.82, 2.24) is 0 Å². The molecular weight excluding hydrogens is 276 g/mol. The monoisotopic (exact) mass is 278 g/mol. The van der Waals surface area contributed by atoms with Crippen LogP contribution in [0.1, 0.15) is 11.6 Å². The van der Waals surface area contributed by atoms with Gasteiger partial charge in [0.2, 0.25) is 0 Å². The van der Waals surface area contributed by atoms with Crippen LogP contribution in [-0.2, 0) is 0 Å². The van der Waals surface area contributed by atoms with Gasteiger partial charge < -0.3 is 10.2 Å². The molecule has 0 aliphatic heterocycles. The molecule has 11 heavy (non-hydrogen) atoms. The first-order valence-corrected chi connectivity index (χ1v) is 4.33. The lowest BCUT2D eigenvalue weighted by atomic mass is 10.2. The van der Waals surface area contributed by atoms with E-state index in [-0.39, 0.29) is 0 Å². The highest BCUT2D eigenvalue weighted by atomic mass is 79.9. The summed E-state index contributed by atoms with van der Waals surface area (Å²) in [5, 5.41) is 8.47. The van der Waals surface area contributed by atoms with Crippen molar-refractivity contribution in [2.24, 2.45) is 5.73 Å². The lowest BCUT2D eigenvalue weighted by Gasteiger charge is -1.95. The summed E-state index contributed by atoms with van der Waals surface area (Å²) >= 11 is 6.25. The molecule has 0 aliphatic carbocycles. The van der Waals surface area contributed by atoms with E-state index >= 15 is 0 Å². The van der Waals surface area contributed by atoms with Crippen molar-refractivity contribution >= 4 is 31.9 Å². The molecule has 1 aromatic heterocycles. The molecule has 1 rings (SSSR count). The lowest BCUT2D eigenvalue weighted by molar-refractivity contribution is 0.512. The lowest BCUT2D eigenvalue weighted by Crippen LogP contribution is -2.06. The number of nitrogens with zero attached hydrogens (tertiary/aromatic N) is 1. The van der Waals surface area contributed by atoms with Gasteiger partial charge >= 0.3 is 0 Å². The van der Waals surface area contributed by atoms with E-state index in [2.05, 4.69) is 31.9 Å². The van der Waals surface area contributed by atoms with Crippen LogP contribution < -0.4 is 5.73 Å². The summed E-state index contributed by atoms with van der Waals surface area (Å²) in [5.74, 6) is 0. The predicted molar refractivity (Wildman–Crippen MR) is 46.6 cm³/mol. The minimum atomic E-state index is -0.639. The highest BCUT2D eigenvalue weighted by Gasteiger charge is 2.13. The summed E-state index contributed by atoms with van der Waals surface area (Å²) in [6, 6.07) is 2.93. The van der Waals surface area contributed by atoms with E-state index in [0.717, 1.165) is 0 Å². The molecule has 1 atom stereocenters. The highest BCUT2D eigenvalue weighted by Crippen LogP contribution is 2.28. The van der Waals surface area contributed by atoms with Crippen molar-refractivity contribution in [1.29, 1.82) is 5.26 Å². The van der Waals surface area contributed by atoms with Gasteiger partial charge in [0.1, 0.15) is 6.04 Å². The summed E-state index contributed by atoms with van der Waals surface area (Å²) in [4.78, 5) is 0. The zero-order valence-electron chi connectivity index (χ0n) is 5.34. The quantitative estimate of drug-likeness (QED) is 0.858. The molecule has 58 valence electrons. The van der Waals surface area contributed by atoms with Crippen molar-refractivity contribution in [3.05, 3.63) is 21.0 Å². The van der Waals surface area contributed by atoms with Crippen molar-refractivity contribution in [3.8, 4) is 6.07 Å². The maximum Gasteiger partial charge on any atom is 0.176 e. The molecule has 0 saturated carbocycles. The van der Waals surface area contributed by atoms with Gasteiger partial charge in [-0.1, -0.05) is 0 Å². The second-order valence-electron chi connectivity index (χ2n) is 1.89. The molecule has 5 heteroatoms. The fraction of sp³-hybridized carbons (Fsp3) is 0.167. The van der Waals surface area contributed by atoms with Gasteiger partial charge in [-0.2, -0.15) is 5.26 Å². The summed E-state index contributed by atoms with van der Waals surface area (Å²) in [6.07, 6.45) is 0. The first-order valence-electron chi connectivity index (χ1n) is 2.75. The zero-order valence-corrected chi connectivity index (χ0v) is 8.52. The van der Waals surface area contributed by atoms with Gasteiger partial charge in [-0.15, -0.1) is 0 Å². The van der Waals surface area contributed by atoms with E-state index < -0.39 is 6.04 Å². The SMILES string of the molecule is N#CC(N)c1cc(Br)oc1Br. The van der Waals surface area contributed by atoms with Crippen LogP contribution in [0, 0.1) is 11.3 Å². The summed E-state index contributed by atoms with van der Waals surface area (Å²) < 4.78 is 6.10. The van der Waals surface area contributed by atoms with Gasteiger partial charge in [0.05, 0.1) is 6.07 Å². The highest BCUT2D eigenvalue weighted by molar-refractivity contribution is 9.11. The molecule has 0 spiro atoms.